The van der Waals surface area contributed by atoms with Crippen molar-refractivity contribution in [2.45, 2.75) is 13.3 Å². The first-order chi connectivity index (χ1) is 14.5. The Morgan fingerprint density at radius 3 is 2.80 bits per heavy atom. The van der Waals surface area contributed by atoms with Crippen LogP contribution in [-0.4, -0.2) is 58.4 Å². The molecule has 9 nitrogen and oxygen atoms in total. The molecule has 2 aromatic heterocycles. The topological polar surface area (TPSA) is 104 Å². The number of carbonyl (C=O) groups excluding carboxylic acids is 1. The number of nitro groups is 1. The molecule has 30 heavy (non-hydrogen) atoms. The van der Waals surface area contributed by atoms with Crippen molar-refractivity contribution in [2.24, 2.45) is 0 Å². The van der Waals surface area contributed by atoms with Gasteiger partial charge in [-0.2, -0.15) is 0 Å². The number of hydrogen-bond acceptors (Lipinski definition) is 8. The number of nitrogens with one attached hydrogen (secondary N) is 1. The molecular formula is C20H22N6O3S. The summed E-state index contributed by atoms with van der Waals surface area (Å²) in [6, 6.07) is 6.54. The quantitative estimate of drug-likeness (QED) is 0.477. The van der Waals surface area contributed by atoms with Crippen LogP contribution in [0.25, 0.3) is 10.2 Å². The Bertz CT molecular complexity index is 1080. The van der Waals surface area contributed by atoms with Gasteiger partial charge < -0.3 is 10.2 Å². The zero-order valence-electron chi connectivity index (χ0n) is 16.6. The highest BCUT2D eigenvalue weighted by Crippen LogP contribution is 2.27. The van der Waals surface area contributed by atoms with Gasteiger partial charge in [-0.05, 0) is 23.9 Å². The highest BCUT2D eigenvalue weighted by atomic mass is 32.1. The number of piperazine rings is 1. The van der Waals surface area contributed by atoms with Crippen molar-refractivity contribution in [1.29, 1.82) is 0 Å². The van der Waals surface area contributed by atoms with Crippen molar-refractivity contribution in [2.75, 3.05) is 42.9 Å². The number of carbonyl (C=O) groups is 1. The second kappa shape index (κ2) is 8.72. The summed E-state index contributed by atoms with van der Waals surface area (Å²) in [6.45, 7) is 5.83. The van der Waals surface area contributed by atoms with Crippen LogP contribution < -0.4 is 10.2 Å². The molecule has 1 aliphatic heterocycles. The third kappa shape index (κ3) is 4.39. The zero-order valence-corrected chi connectivity index (χ0v) is 17.4. The minimum Gasteiger partial charge on any atom is -0.353 e. The normalized spacial score (nSPS) is 14.8. The van der Waals surface area contributed by atoms with E-state index in [1.807, 2.05) is 12.3 Å². The molecule has 156 valence electrons. The molecule has 0 atom stereocenters. The molecule has 0 saturated carbocycles. The van der Waals surface area contributed by atoms with Gasteiger partial charge in [0.2, 0.25) is 5.91 Å². The first-order valence-electron chi connectivity index (χ1n) is 9.71. The molecule has 0 unspecified atom stereocenters. The molecule has 3 aromatic rings. The predicted molar refractivity (Wildman–Crippen MR) is 117 cm³/mol. The van der Waals surface area contributed by atoms with Crippen molar-refractivity contribution in [3.8, 4) is 0 Å². The number of hydrogen-bond donors (Lipinski definition) is 1. The van der Waals surface area contributed by atoms with Gasteiger partial charge in [0.15, 0.2) is 0 Å². The van der Waals surface area contributed by atoms with Crippen LogP contribution in [-0.2, 0) is 4.79 Å². The lowest BCUT2D eigenvalue weighted by Crippen LogP contribution is -2.47. The monoisotopic (exact) mass is 426 g/mol. The first-order valence-corrected chi connectivity index (χ1v) is 10.6. The average molecular weight is 427 g/mol. The number of fused-ring (bicyclic) bond motifs is 1. The molecule has 1 aromatic carbocycles. The summed E-state index contributed by atoms with van der Waals surface area (Å²) < 4.78 is 0. The number of aryl methyl sites for hydroxylation is 1. The maximum Gasteiger partial charge on any atom is 0.271 e. The summed E-state index contributed by atoms with van der Waals surface area (Å²) in [5, 5.41) is 16.9. The molecule has 1 N–H and O–H groups in total. The molecule has 4 rings (SSSR count). The lowest BCUT2D eigenvalue weighted by atomic mass is 10.1. The molecule has 0 radical (unpaired) electrons. The Labute approximate surface area is 177 Å². The molecule has 0 spiro atoms. The van der Waals surface area contributed by atoms with Gasteiger partial charge in [0, 0.05) is 51.3 Å². The van der Waals surface area contributed by atoms with Gasteiger partial charge in [-0.25, -0.2) is 9.97 Å². The fourth-order valence-corrected chi connectivity index (χ4v) is 4.27. The van der Waals surface area contributed by atoms with Crippen molar-refractivity contribution >= 4 is 44.7 Å². The second-order valence-corrected chi connectivity index (χ2v) is 8.11. The van der Waals surface area contributed by atoms with Crippen LogP contribution in [0.5, 0.6) is 0 Å². The second-order valence-electron chi connectivity index (χ2n) is 7.22. The van der Waals surface area contributed by atoms with Crippen molar-refractivity contribution in [3.05, 3.63) is 51.7 Å². The molecule has 3 heterocycles. The van der Waals surface area contributed by atoms with E-state index in [2.05, 4.69) is 31.2 Å². The Morgan fingerprint density at radius 2 is 2.03 bits per heavy atom. The number of anilines is 2. The number of non-ortho nitro benzene ring substituents is 1. The summed E-state index contributed by atoms with van der Waals surface area (Å²) >= 11 is 1.61. The van der Waals surface area contributed by atoms with E-state index in [9.17, 15) is 14.9 Å². The minimum atomic E-state index is -0.462. The molecule has 10 heteroatoms. The third-order valence-corrected chi connectivity index (χ3v) is 6.09. The largest absolute Gasteiger partial charge is 0.353 e. The molecule has 1 saturated heterocycles. The SMILES string of the molecule is Cc1ccc([N+](=O)[O-])cc1NC(=O)CCN1CCN(c2ncnc3sccc23)CC1. The van der Waals surface area contributed by atoms with Gasteiger partial charge in [-0.15, -0.1) is 11.3 Å². The van der Waals surface area contributed by atoms with Gasteiger partial charge in [0.1, 0.15) is 17.0 Å². The summed E-state index contributed by atoms with van der Waals surface area (Å²) in [7, 11) is 0. The molecule has 0 aliphatic carbocycles. The standard InChI is InChI=1S/C20H22N6O3S/c1-14-2-3-15(26(28)29)12-17(14)23-18(27)4-6-24-7-9-25(10-8-24)19-16-5-11-30-20(16)22-13-21-19/h2-3,5,11-13H,4,6-10H2,1H3,(H,23,27). The summed E-state index contributed by atoms with van der Waals surface area (Å²) in [6.07, 6.45) is 1.95. The fraction of sp³-hybridized carbons (Fsp3) is 0.350. The van der Waals surface area contributed by atoms with E-state index < -0.39 is 4.92 Å². The summed E-state index contributed by atoms with van der Waals surface area (Å²) in [4.78, 5) is 37.1. The number of nitro benzene ring substituents is 1. The van der Waals surface area contributed by atoms with E-state index in [1.54, 1.807) is 23.7 Å². The Balaban J connectivity index is 1.29. The molecule has 1 fully saturated rings. The van der Waals surface area contributed by atoms with Crippen molar-refractivity contribution in [1.82, 2.24) is 14.9 Å². The molecule has 1 amide bonds. The van der Waals surface area contributed by atoms with Gasteiger partial charge in [0.05, 0.1) is 16.0 Å². The van der Waals surface area contributed by atoms with Crippen LogP contribution in [0.1, 0.15) is 12.0 Å². The number of thiophene rings is 1. The average Bonchev–Trinajstić information content (AvgIpc) is 3.23. The van der Waals surface area contributed by atoms with E-state index in [0.29, 0.717) is 18.7 Å². The fourth-order valence-electron chi connectivity index (χ4n) is 3.54. The maximum atomic E-state index is 12.4. The van der Waals surface area contributed by atoms with Crippen molar-refractivity contribution < 1.29 is 9.72 Å². The number of aromatic nitrogens is 2. The zero-order chi connectivity index (χ0) is 21.1. The Hall–Kier alpha value is -3.11. The third-order valence-electron chi connectivity index (χ3n) is 5.27. The van der Waals surface area contributed by atoms with E-state index in [4.69, 9.17) is 0 Å². The number of benzene rings is 1. The predicted octanol–water partition coefficient (Wildman–Crippen LogP) is 3.06. The van der Waals surface area contributed by atoms with Crippen LogP contribution in [0.4, 0.5) is 17.2 Å². The first kappa shape index (κ1) is 20.2. The van der Waals surface area contributed by atoms with Gasteiger partial charge in [-0.1, -0.05) is 6.07 Å². The number of amides is 1. The smallest absolute Gasteiger partial charge is 0.271 e. The van der Waals surface area contributed by atoms with E-state index in [1.165, 1.54) is 12.1 Å². The summed E-state index contributed by atoms with van der Waals surface area (Å²) in [5.41, 5.74) is 1.26. The highest BCUT2D eigenvalue weighted by Gasteiger charge is 2.21. The van der Waals surface area contributed by atoms with Gasteiger partial charge in [0.25, 0.3) is 5.69 Å². The van der Waals surface area contributed by atoms with E-state index in [-0.39, 0.29) is 11.6 Å². The van der Waals surface area contributed by atoms with E-state index in [0.717, 1.165) is 47.8 Å². The lowest BCUT2D eigenvalue weighted by molar-refractivity contribution is -0.384. The number of nitrogens with zero attached hydrogens (tertiary/aromatic N) is 5. The summed E-state index contributed by atoms with van der Waals surface area (Å²) in [5.74, 6) is 0.830. The molecule has 1 aliphatic rings. The lowest BCUT2D eigenvalue weighted by Gasteiger charge is -2.35. The van der Waals surface area contributed by atoms with E-state index >= 15 is 0 Å². The van der Waals surface area contributed by atoms with Crippen LogP contribution in [0.3, 0.4) is 0 Å². The van der Waals surface area contributed by atoms with Crippen molar-refractivity contribution in [3.63, 3.8) is 0 Å². The van der Waals surface area contributed by atoms with Crippen LogP contribution in [0, 0.1) is 17.0 Å². The Kier molecular flexibility index (Phi) is 5.86. The Morgan fingerprint density at radius 1 is 1.23 bits per heavy atom. The minimum absolute atomic E-state index is 0.0310. The highest BCUT2D eigenvalue weighted by molar-refractivity contribution is 7.16. The number of rotatable bonds is 6. The van der Waals surface area contributed by atoms with Crippen LogP contribution in [0.2, 0.25) is 0 Å². The molecular weight excluding hydrogens is 404 g/mol. The molecule has 0 bridgehead atoms. The van der Waals surface area contributed by atoms with Gasteiger partial charge >= 0.3 is 0 Å². The van der Waals surface area contributed by atoms with Gasteiger partial charge in [-0.3, -0.25) is 19.8 Å². The van der Waals surface area contributed by atoms with Crippen LogP contribution >= 0.6 is 11.3 Å². The maximum absolute atomic E-state index is 12.4. The van der Waals surface area contributed by atoms with Crippen LogP contribution in [0.15, 0.2) is 36.0 Å².